The van der Waals surface area contributed by atoms with Crippen molar-refractivity contribution < 1.29 is 4.74 Å². The summed E-state index contributed by atoms with van der Waals surface area (Å²) < 4.78 is 5.63. The van der Waals surface area contributed by atoms with Gasteiger partial charge in [-0.25, -0.2) is 0 Å². The second-order valence-corrected chi connectivity index (χ2v) is 4.92. The molecule has 0 radical (unpaired) electrons. The number of ether oxygens (including phenoxy) is 1. The molecule has 88 valence electrons. The maximum absolute atomic E-state index is 6.05. The summed E-state index contributed by atoms with van der Waals surface area (Å²) in [6.45, 7) is 2.33. The van der Waals surface area contributed by atoms with Gasteiger partial charge in [-0.2, -0.15) is 0 Å². The first kappa shape index (κ1) is 11.9. The molecule has 1 fully saturated rings. The summed E-state index contributed by atoms with van der Waals surface area (Å²) in [7, 11) is 0. The van der Waals surface area contributed by atoms with Crippen molar-refractivity contribution in [2.45, 2.75) is 24.7 Å². The Morgan fingerprint density at radius 3 is 2.94 bits per heavy atom. The molecule has 1 aromatic rings. The molecule has 0 aromatic heterocycles. The van der Waals surface area contributed by atoms with Gasteiger partial charge < -0.3 is 10.5 Å². The van der Waals surface area contributed by atoms with E-state index < -0.39 is 0 Å². The molecule has 1 unspecified atom stereocenters. The van der Waals surface area contributed by atoms with Gasteiger partial charge in [0.15, 0.2) is 0 Å². The van der Waals surface area contributed by atoms with Gasteiger partial charge in [0.05, 0.1) is 6.61 Å². The zero-order valence-corrected chi connectivity index (χ0v) is 10.2. The standard InChI is InChI=1S/C13H18ClNO/c14-12-4-1-3-11(9-12)13(6-7-15)5-2-8-16-10-13/h1,3-4,9H,2,5-8,10,15H2. The van der Waals surface area contributed by atoms with Gasteiger partial charge in [0.1, 0.15) is 0 Å². The second kappa shape index (κ2) is 5.17. The normalized spacial score (nSPS) is 25.6. The van der Waals surface area contributed by atoms with Gasteiger partial charge in [-0.1, -0.05) is 23.7 Å². The van der Waals surface area contributed by atoms with Gasteiger partial charge in [0.25, 0.3) is 0 Å². The van der Waals surface area contributed by atoms with Gasteiger partial charge in [-0.3, -0.25) is 0 Å². The average molecular weight is 240 g/mol. The Hall–Kier alpha value is -0.570. The van der Waals surface area contributed by atoms with Crippen molar-refractivity contribution in [3.63, 3.8) is 0 Å². The molecule has 0 aliphatic carbocycles. The summed E-state index contributed by atoms with van der Waals surface area (Å²) in [5.41, 5.74) is 7.08. The van der Waals surface area contributed by atoms with Crippen LogP contribution in [0.5, 0.6) is 0 Å². The minimum Gasteiger partial charge on any atom is -0.381 e. The van der Waals surface area contributed by atoms with Crippen LogP contribution in [0.1, 0.15) is 24.8 Å². The lowest BCUT2D eigenvalue weighted by atomic mass is 9.74. The molecule has 1 aromatic carbocycles. The van der Waals surface area contributed by atoms with Crippen LogP contribution in [-0.4, -0.2) is 19.8 Å². The number of rotatable bonds is 3. The molecular formula is C13H18ClNO. The van der Waals surface area contributed by atoms with E-state index in [1.807, 2.05) is 18.2 Å². The van der Waals surface area contributed by atoms with Crippen LogP contribution in [0.15, 0.2) is 24.3 Å². The van der Waals surface area contributed by atoms with Crippen LogP contribution >= 0.6 is 11.6 Å². The third-order valence-electron chi connectivity index (χ3n) is 3.38. The van der Waals surface area contributed by atoms with Crippen molar-refractivity contribution in [3.05, 3.63) is 34.9 Å². The van der Waals surface area contributed by atoms with Gasteiger partial charge in [0, 0.05) is 17.0 Å². The predicted octanol–water partition coefficient (Wildman–Crippen LogP) is 2.74. The van der Waals surface area contributed by atoms with Crippen molar-refractivity contribution in [2.75, 3.05) is 19.8 Å². The van der Waals surface area contributed by atoms with Crippen LogP contribution in [0.4, 0.5) is 0 Å². The first-order chi connectivity index (χ1) is 7.77. The van der Waals surface area contributed by atoms with Crippen molar-refractivity contribution in [2.24, 2.45) is 5.73 Å². The monoisotopic (exact) mass is 239 g/mol. The molecule has 2 N–H and O–H groups in total. The topological polar surface area (TPSA) is 35.2 Å². The molecule has 16 heavy (non-hydrogen) atoms. The fourth-order valence-corrected chi connectivity index (χ4v) is 2.71. The highest BCUT2D eigenvalue weighted by Gasteiger charge is 2.33. The Bertz CT molecular complexity index is 342. The van der Waals surface area contributed by atoms with E-state index in [1.54, 1.807) is 0 Å². The second-order valence-electron chi connectivity index (χ2n) is 4.49. The molecule has 0 spiro atoms. The predicted molar refractivity (Wildman–Crippen MR) is 66.9 cm³/mol. The summed E-state index contributed by atoms with van der Waals surface area (Å²) >= 11 is 6.05. The molecule has 0 saturated carbocycles. The Labute approximate surface area is 102 Å². The molecule has 0 bridgehead atoms. The molecule has 2 rings (SSSR count). The smallest absolute Gasteiger partial charge is 0.0563 e. The first-order valence-corrected chi connectivity index (χ1v) is 6.18. The van der Waals surface area contributed by atoms with Crippen molar-refractivity contribution in [1.82, 2.24) is 0 Å². The zero-order chi connectivity index (χ0) is 11.4. The van der Waals surface area contributed by atoms with Gasteiger partial charge in [-0.05, 0) is 43.5 Å². The van der Waals surface area contributed by atoms with Crippen LogP contribution in [0.25, 0.3) is 0 Å². The van der Waals surface area contributed by atoms with Gasteiger partial charge >= 0.3 is 0 Å². The first-order valence-electron chi connectivity index (χ1n) is 5.81. The third-order valence-corrected chi connectivity index (χ3v) is 3.62. The molecule has 1 heterocycles. The molecule has 3 heteroatoms. The van der Waals surface area contributed by atoms with Crippen LogP contribution in [-0.2, 0) is 10.2 Å². The fourth-order valence-electron chi connectivity index (χ4n) is 2.52. The SMILES string of the molecule is NCCC1(c2cccc(Cl)c2)CCCOC1. The highest BCUT2D eigenvalue weighted by atomic mass is 35.5. The van der Waals surface area contributed by atoms with E-state index in [0.29, 0.717) is 6.54 Å². The Kier molecular flexibility index (Phi) is 3.85. The molecule has 1 aliphatic heterocycles. The lowest BCUT2D eigenvalue weighted by Crippen LogP contribution is -2.38. The lowest BCUT2D eigenvalue weighted by molar-refractivity contribution is 0.0312. The maximum Gasteiger partial charge on any atom is 0.0563 e. The molecule has 1 saturated heterocycles. The highest BCUT2D eigenvalue weighted by molar-refractivity contribution is 6.30. The van der Waals surface area contributed by atoms with Crippen LogP contribution in [0.3, 0.4) is 0 Å². The molecule has 2 nitrogen and oxygen atoms in total. The summed E-state index contributed by atoms with van der Waals surface area (Å²) in [4.78, 5) is 0. The third kappa shape index (κ3) is 2.40. The van der Waals surface area contributed by atoms with Crippen LogP contribution in [0.2, 0.25) is 5.02 Å². The van der Waals surface area contributed by atoms with E-state index in [4.69, 9.17) is 22.1 Å². The minimum atomic E-state index is 0.0812. The van der Waals surface area contributed by atoms with Crippen molar-refractivity contribution in [3.8, 4) is 0 Å². The lowest BCUT2D eigenvalue weighted by Gasteiger charge is -2.37. The fraction of sp³-hybridized carbons (Fsp3) is 0.538. The van der Waals surface area contributed by atoms with Gasteiger partial charge in [-0.15, -0.1) is 0 Å². The summed E-state index contributed by atoms with van der Waals surface area (Å²) in [6.07, 6.45) is 3.21. The van der Waals surface area contributed by atoms with Crippen molar-refractivity contribution in [1.29, 1.82) is 0 Å². The van der Waals surface area contributed by atoms with E-state index in [9.17, 15) is 0 Å². The number of benzene rings is 1. The number of nitrogens with two attached hydrogens (primary N) is 1. The van der Waals surface area contributed by atoms with E-state index in [1.165, 1.54) is 5.56 Å². The summed E-state index contributed by atoms with van der Waals surface area (Å²) in [5, 5.41) is 0.791. The van der Waals surface area contributed by atoms with E-state index in [-0.39, 0.29) is 5.41 Å². The molecule has 1 atom stereocenters. The number of hydrogen-bond acceptors (Lipinski definition) is 2. The molecule has 0 amide bonds. The average Bonchev–Trinajstić information content (AvgIpc) is 2.31. The van der Waals surface area contributed by atoms with Gasteiger partial charge in [0.2, 0.25) is 0 Å². The Morgan fingerprint density at radius 1 is 1.44 bits per heavy atom. The summed E-state index contributed by atoms with van der Waals surface area (Å²) in [5.74, 6) is 0. The highest BCUT2D eigenvalue weighted by Crippen LogP contribution is 2.36. The number of hydrogen-bond donors (Lipinski definition) is 1. The van der Waals surface area contributed by atoms with E-state index in [2.05, 4.69) is 6.07 Å². The van der Waals surface area contributed by atoms with Crippen molar-refractivity contribution >= 4 is 11.6 Å². The van der Waals surface area contributed by atoms with E-state index in [0.717, 1.165) is 37.5 Å². The quantitative estimate of drug-likeness (QED) is 0.881. The molecule has 1 aliphatic rings. The molecular weight excluding hydrogens is 222 g/mol. The summed E-state index contributed by atoms with van der Waals surface area (Å²) in [6, 6.07) is 8.09. The maximum atomic E-state index is 6.05. The minimum absolute atomic E-state index is 0.0812. The largest absolute Gasteiger partial charge is 0.381 e. The van der Waals surface area contributed by atoms with E-state index >= 15 is 0 Å². The Balaban J connectivity index is 2.30. The number of halogens is 1. The van der Waals surface area contributed by atoms with Crippen LogP contribution < -0.4 is 5.73 Å². The van der Waals surface area contributed by atoms with Crippen LogP contribution in [0, 0.1) is 0 Å². The Morgan fingerprint density at radius 2 is 2.31 bits per heavy atom. The zero-order valence-electron chi connectivity index (χ0n) is 9.42.